The number of halogens is 1. The molecule has 5 heteroatoms. The van der Waals surface area contributed by atoms with Crippen LogP contribution in [0, 0.1) is 0 Å². The summed E-state index contributed by atoms with van der Waals surface area (Å²) in [7, 11) is 0. The normalized spacial score (nSPS) is 10.4. The fourth-order valence-electron chi connectivity index (χ4n) is 1.16. The maximum absolute atomic E-state index is 9.11. The number of aromatic nitrogens is 1. The Balaban J connectivity index is 2.41. The van der Waals surface area contributed by atoms with Gasteiger partial charge in [0.25, 0.3) is 0 Å². The lowest BCUT2D eigenvalue weighted by molar-refractivity contribution is 0.0979. The van der Waals surface area contributed by atoms with Gasteiger partial charge in [0.05, 0.1) is 13.2 Å². The van der Waals surface area contributed by atoms with Crippen LogP contribution >= 0.6 is 15.9 Å². The number of hydrogen-bond donors (Lipinski definition) is 1. The van der Waals surface area contributed by atoms with Crippen molar-refractivity contribution in [3.8, 4) is 5.88 Å². The summed E-state index contributed by atoms with van der Waals surface area (Å²) >= 11 is 3.29. The summed E-state index contributed by atoms with van der Waals surface area (Å²) in [6.07, 6.45) is 2.64. The van der Waals surface area contributed by atoms with E-state index >= 15 is 0 Å². The highest BCUT2D eigenvalue weighted by molar-refractivity contribution is 9.10. The summed E-state index contributed by atoms with van der Waals surface area (Å²) in [6.45, 7) is 3.70. The Kier molecular flexibility index (Phi) is 6.37. The largest absolute Gasteiger partial charge is 0.475 e. The number of aliphatic hydroxyl groups is 1. The molecule has 0 fully saturated rings. The summed E-state index contributed by atoms with van der Waals surface area (Å²) in [6, 6.07) is 1.79. The number of hydrogen-bond acceptors (Lipinski definition) is 4. The Morgan fingerprint density at radius 3 is 2.88 bits per heavy atom. The minimum Gasteiger partial charge on any atom is -0.475 e. The Morgan fingerprint density at radius 2 is 2.19 bits per heavy atom. The number of rotatable bonds is 7. The minimum atomic E-state index is -0.0857. The summed E-state index contributed by atoms with van der Waals surface area (Å²) < 4.78 is 11.5. The SMILES string of the molecule is CCCOCCOc1ncc(Br)cc1CO. The first kappa shape index (κ1) is 13.4. The molecule has 1 rings (SSSR count). The highest BCUT2D eigenvalue weighted by Gasteiger charge is 2.05. The van der Waals surface area contributed by atoms with Crippen molar-refractivity contribution >= 4 is 15.9 Å². The van der Waals surface area contributed by atoms with Gasteiger partial charge in [-0.1, -0.05) is 6.92 Å². The molecule has 0 saturated carbocycles. The van der Waals surface area contributed by atoms with Gasteiger partial charge in [-0.15, -0.1) is 0 Å². The second-order valence-electron chi connectivity index (χ2n) is 3.24. The van der Waals surface area contributed by atoms with Crippen molar-refractivity contribution in [1.82, 2.24) is 4.98 Å². The molecule has 1 aromatic rings. The van der Waals surface area contributed by atoms with Crippen molar-refractivity contribution in [3.63, 3.8) is 0 Å². The van der Waals surface area contributed by atoms with Crippen LogP contribution in [0.2, 0.25) is 0 Å². The van der Waals surface area contributed by atoms with Gasteiger partial charge in [0.1, 0.15) is 6.61 Å². The van der Waals surface area contributed by atoms with Crippen molar-refractivity contribution in [2.75, 3.05) is 19.8 Å². The summed E-state index contributed by atoms with van der Waals surface area (Å²) in [5.74, 6) is 0.464. The quantitative estimate of drug-likeness (QED) is 0.782. The monoisotopic (exact) mass is 289 g/mol. The van der Waals surface area contributed by atoms with E-state index in [1.54, 1.807) is 12.3 Å². The van der Waals surface area contributed by atoms with Crippen molar-refractivity contribution in [1.29, 1.82) is 0 Å². The van der Waals surface area contributed by atoms with E-state index in [0.717, 1.165) is 17.5 Å². The van der Waals surface area contributed by atoms with E-state index in [4.69, 9.17) is 14.6 Å². The Labute approximate surface area is 104 Å². The van der Waals surface area contributed by atoms with Crippen LogP contribution < -0.4 is 4.74 Å². The van der Waals surface area contributed by atoms with Crippen LogP contribution in [0.15, 0.2) is 16.7 Å². The van der Waals surface area contributed by atoms with Crippen molar-refractivity contribution in [3.05, 3.63) is 22.3 Å². The first-order valence-corrected chi connectivity index (χ1v) is 6.03. The van der Waals surface area contributed by atoms with Crippen molar-refractivity contribution in [2.45, 2.75) is 20.0 Å². The molecule has 0 bridgehead atoms. The van der Waals surface area contributed by atoms with Gasteiger partial charge in [0.2, 0.25) is 5.88 Å². The van der Waals surface area contributed by atoms with Gasteiger partial charge in [0, 0.05) is 22.8 Å². The van der Waals surface area contributed by atoms with E-state index in [-0.39, 0.29) is 6.61 Å². The summed E-state index contributed by atoms with van der Waals surface area (Å²) in [4.78, 5) is 4.08. The number of nitrogens with zero attached hydrogens (tertiary/aromatic N) is 1. The van der Waals surface area contributed by atoms with E-state index in [0.29, 0.717) is 24.7 Å². The van der Waals surface area contributed by atoms with Crippen LogP contribution in [0.1, 0.15) is 18.9 Å². The third-order valence-corrected chi connectivity index (χ3v) is 2.31. The van der Waals surface area contributed by atoms with Crippen LogP contribution in [-0.2, 0) is 11.3 Å². The summed E-state index contributed by atoms with van der Waals surface area (Å²) in [5, 5.41) is 9.11. The highest BCUT2D eigenvalue weighted by atomic mass is 79.9. The van der Waals surface area contributed by atoms with Crippen LogP contribution in [0.4, 0.5) is 0 Å². The van der Waals surface area contributed by atoms with E-state index in [1.165, 1.54) is 0 Å². The Morgan fingerprint density at radius 1 is 1.38 bits per heavy atom. The number of aliphatic hydroxyl groups excluding tert-OH is 1. The lowest BCUT2D eigenvalue weighted by Gasteiger charge is -2.09. The zero-order chi connectivity index (χ0) is 11.8. The summed E-state index contributed by atoms with van der Waals surface area (Å²) in [5.41, 5.74) is 0.671. The van der Waals surface area contributed by atoms with Crippen LogP contribution in [0.25, 0.3) is 0 Å². The third kappa shape index (κ3) is 4.47. The molecular weight excluding hydrogens is 274 g/mol. The molecule has 0 radical (unpaired) electrons. The van der Waals surface area contributed by atoms with Crippen LogP contribution in [0.3, 0.4) is 0 Å². The smallest absolute Gasteiger partial charge is 0.219 e. The van der Waals surface area contributed by atoms with Gasteiger partial charge in [-0.3, -0.25) is 0 Å². The molecule has 0 aromatic carbocycles. The third-order valence-electron chi connectivity index (χ3n) is 1.88. The van der Waals surface area contributed by atoms with E-state index < -0.39 is 0 Å². The van der Waals surface area contributed by atoms with E-state index in [1.807, 2.05) is 0 Å². The van der Waals surface area contributed by atoms with Gasteiger partial charge < -0.3 is 14.6 Å². The predicted molar refractivity (Wildman–Crippen MR) is 64.5 cm³/mol. The average Bonchev–Trinajstić information content (AvgIpc) is 2.30. The fourth-order valence-corrected chi connectivity index (χ4v) is 1.53. The molecule has 0 aliphatic rings. The second kappa shape index (κ2) is 7.60. The van der Waals surface area contributed by atoms with Gasteiger partial charge in [0.15, 0.2) is 0 Å². The molecule has 4 nitrogen and oxygen atoms in total. The lowest BCUT2D eigenvalue weighted by atomic mass is 10.3. The molecule has 0 unspecified atom stereocenters. The zero-order valence-corrected chi connectivity index (χ0v) is 10.9. The molecule has 1 aromatic heterocycles. The number of pyridine rings is 1. The van der Waals surface area contributed by atoms with Gasteiger partial charge >= 0.3 is 0 Å². The van der Waals surface area contributed by atoms with Crippen molar-refractivity contribution in [2.24, 2.45) is 0 Å². The maximum Gasteiger partial charge on any atom is 0.219 e. The minimum absolute atomic E-state index is 0.0857. The van der Waals surface area contributed by atoms with E-state index in [2.05, 4.69) is 27.8 Å². The Hall–Kier alpha value is -0.650. The zero-order valence-electron chi connectivity index (χ0n) is 9.28. The van der Waals surface area contributed by atoms with Gasteiger partial charge in [-0.25, -0.2) is 4.98 Å². The van der Waals surface area contributed by atoms with Gasteiger partial charge in [-0.05, 0) is 28.4 Å². The van der Waals surface area contributed by atoms with E-state index in [9.17, 15) is 0 Å². The maximum atomic E-state index is 9.11. The molecule has 0 aliphatic carbocycles. The molecular formula is C11H16BrNO3. The highest BCUT2D eigenvalue weighted by Crippen LogP contribution is 2.19. The Bertz CT molecular complexity index is 320. The fraction of sp³-hybridized carbons (Fsp3) is 0.545. The van der Waals surface area contributed by atoms with Crippen molar-refractivity contribution < 1.29 is 14.6 Å². The van der Waals surface area contributed by atoms with Crippen LogP contribution in [0.5, 0.6) is 5.88 Å². The average molecular weight is 290 g/mol. The standard InChI is InChI=1S/C11H16BrNO3/c1-2-3-15-4-5-16-11-9(8-14)6-10(12)7-13-11/h6-7,14H,2-5,8H2,1H3. The molecule has 90 valence electrons. The molecule has 1 heterocycles. The molecule has 1 N–H and O–H groups in total. The molecule has 0 saturated heterocycles. The molecule has 0 amide bonds. The number of ether oxygens (including phenoxy) is 2. The molecule has 0 aliphatic heterocycles. The molecule has 16 heavy (non-hydrogen) atoms. The second-order valence-corrected chi connectivity index (χ2v) is 4.15. The first-order valence-electron chi connectivity index (χ1n) is 5.23. The van der Waals surface area contributed by atoms with Crippen LogP contribution in [-0.4, -0.2) is 29.9 Å². The first-order chi connectivity index (χ1) is 7.77. The molecule has 0 atom stereocenters. The van der Waals surface area contributed by atoms with Gasteiger partial charge in [-0.2, -0.15) is 0 Å². The topological polar surface area (TPSA) is 51.6 Å². The lowest BCUT2D eigenvalue weighted by Crippen LogP contribution is -2.09. The predicted octanol–water partition coefficient (Wildman–Crippen LogP) is 2.14. The molecule has 0 spiro atoms.